The number of carbonyl (C=O) groups is 2. The molecule has 1 aliphatic heterocycles. The maximum absolute atomic E-state index is 12.5. The number of hydrogen-bond acceptors (Lipinski definition) is 5. The van der Waals surface area contributed by atoms with Gasteiger partial charge in [0, 0.05) is 30.4 Å². The molecule has 0 aliphatic carbocycles. The molecule has 9 heteroatoms. The summed E-state index contributed by atoms with van der Waals surface area (Å²) in [5.74, 6) is -0.434. The van der Waals surface area contributed by atoms with Gasteiger partial charge in [-0.2, -0.15) is 0 Å². The zero-order valence-electron chi connectivity index (χ0n) is 14.3. The lowest BCUT2D eigenvalue weighted by Gasteiger charge is -2.17. The van der Waals surface area contributed by atoms with Crippen molar-refractivity contribution in [3.05, 3.63) is 57.6 Å². The molecule has 8 nitrogen and oxygen atoms in total. The lowest BCUT2D eigenvalue weighted by Crippen LogP contribution is -2.28. The first-order valence-electron chi connectivity index (χ1n) is 8.08. The fraction of sp³-hybridized carbons (Fsp3) is 0.222. The number of rotatable bonds is 5. The van der Waals surface area contributed by atoms with Crippen molar-refractivity contribution in [2.24, 2.45) is 5.92 Å². The normalized spacial score (nSPS) is 16.3. The number of halogens is 1. The number of nitrogens with one attached hydrogen (secondary N) is 1. The minimum absolute atomic E-state index is 0.0141. The van der Waals surface area contributed by atoms with Crippen molar-refractivity contribution in [1.82, 2.24) is 0 Å². The van der Waals surface area contributed by atoms with Crippen LogP contribution in [-0.4, -0.2) is 30.4 Å². The van der Waals surface area contributed by atoms with E-state index in [2.05, 4.69) is 5.32 Å². The van der Waals surface area contributed by atoms with Gasteiger partial charge in [-0.3, -0.25) is 19.7 Å². The van der Waals surface area contributed by atoms with Crippen molar-refractivity contribution in [1.29, 1.82) is 0 Å². The predicted octanol–water partition coefficient (Wildman–Crippen LogP) is 3.25. The minimum Gasteiger partial charge on any atom is -0.497 e. The number of ether oxygens (including phenoxy) is 1. The first kappa shape index (κ1) is 18.7. The van der Waals surface area contributed by atoms with E-state index in [-0.39, 0.29) is 41.2 Å². The second kappa shape index (κ2) is 7.63. The van der Waals surface area contributed by atoms with Crippen LogP contribution in [0.1, 0.15) is 6.42 Å². The fourth-order valence-corrected chi connectivity index (χ4v) is 3.06. The highest BCUT2D eigenvalue weighted by Gasteiger charge is 2.35. The molecule has 1 atom stereocenters. The van der Waals surface area contributed by atoms with Crippen LogP contribution in [-0.2, 0) is 9.59 Å². The minimum atomic E-state index is -0.623. The number of nitro groups is 1. The Morgan fingerprint density at radius 1 is 1.30 bits per heavy atom. The molecule has 0 spiro atoms. The summed E-state index contributed by atoms with van der Waals surface area (Å²) < 4.78 is 5.09. The number of methoxy groups -OCH3 is 1. The van der Waals surface area contributed by atoms with Gasteiger partial charge in [0.05, 0.1) is 18.0 Å². The average molecular weight is 390 g/mol. The van der Waals surface area contributed by atoms with Gasteiger partial charge in [0.25, 0.3) is 5.69 Å². The fourth-order valence-electron chi connectivity index (χ4n) is 2.87. The van der Waals surface area contributed by atoms with Gasteiger partial charge < -0.3 is 15.0 Å². The van der Waals surface area contributed by atoms with Crippen molar-refractivity contribution in [2.75, 3.05) is 23.9 Å². The Morgan fingerprint density at radius 3 is 2.63 bits per heavy atom. The summed E-state index contributed by atoms with van der Waals surface area (Å²) in [4.78, 5) is 36.6. The summed E-state index contributed by atoms with van der Waals surface area (Å²) in [6.45, 7) is 0.229. The van der Waals surface area contributed by atoms with Crippen LogP contribution in [0.2, 0.25) is 5.02 Å². The van der Waals surface area contributed by atoms with Gasteiger partial charge in [0.15, 0.2) is 0 Å². The Balaban J connectivity index is 1.70. The zero-order chi connectivity index (χ0) is 19.6. The molecular formula is C18H16ClN3O5. The van der Waals surface area contributed by atoms with Crippen LogP contribution in [0.4, 0.5) is 17.1 Å². The molecule has 1 unspecified atom stereocenters. The molecule has 140 valence electrons. The van der Waals surface area contributed by atoms with E-state index >= 15 is 0 Å². The van der Waals surface area contributed by atoms with Crippen LogP contribution in [0.3, 0.4) is 0 Å². The third-order valence-corrected chi connectivity index (χ3v) is 4.61. The molecule has 1 heterocycles. The van der Waals surface area contributed by atoms with E-state index in [1.54, 1.807) is 31.4 Å². The van der Waals surface area contributed by atoms with Crippen LogP contribution in [0.15, 0.2) is 42.5 Å². The molecule has 0 radical (unpaired) electrons. The SMILES string of the molecule is COc1ccc(N2CC(C(=O)Nc3ccc(Cl)c([N+](=O)[O-])c3)CC2=O)cc1. The summed E-state index contributed by atoms with van der Waals surface area (Å²) in [5.41, 5.74) is 0.640. The number of nitro benzene ring substituents is 1. The van der Waals surface area contributed by atoms with Gasteiger partial charge in [-0.15, -0.1) is 0 Å². The standard InChI is InChI=1S/C18H16ClN3O5/c1-27-14-5-3-13(4-6-14)21-10-11(8-17(21)23)18(24)20-12-2-7-15(19)16(9-12)22(25)26/h2-7,9,11H,8,10H2,1H3,(H,20,24). The van der Waals surface area contributed by atoms with Crippen LogP contribution in [0, 0.1) is 16.0 Å². The molecule has 1 saturated heterocycles. The topological polar surface area (TPSA) is 102 Å². The van der Waals surface area contributed by atoms with Gasteiger partial charge in [-0.1, -0.05) is 11.6 Å². The van der Waals surface area contributed by atoms with Crippen molar-refractivity contribution in [3.63, 3.8) is 0 Å². The first-order valence-corrected chi connectivity index (χ1v) is 8.46. The van der Waals surface area contributed by atoms with E-state index in [4.69, 9.17) is 16.3 Å². The second-order valence-corrected chi connectivity index (χ2v) is 6.42. The smallest absolute Gasteiger partial charge is 0.289 e. The lowest BCUT2D eigenvalue weighted by atomic mass is 10.1. The van der Waals surface area contributed by atoms with Crippen LogP contribution in [0.25, 0.3) is 0 Å². The molecule has 3 rings (SSSR count). The Morgan fingerprint density at radius 2 is 2.00 bits per heavy atom. The van der Waals surface area contributed by atoms with E-state index in [1.807, 2.05) is 0 Å². The van der Waals surface area contributed by atoms with Crippen LogP contribution in [0.5, 0.6) is 5.75 Å². The summed E-state index contributed by atoms with van der Waals surface area (Å²) in [6.07, 6.45) is 0.0630. The Bertz CT molecular complexity index is 900. The number of carbonyl (C=O) groups excluding carboxylic acids is 2. The maximum atomic E-state index is 12.5. The molecule has 1 N–H and O–H groups in total. The van der Waals surface area contributed by atoms with Crippen LogP contribution < -0.4 is 15.0 Å². The number of anilines is 2. The highest BCUT2D eigenvalue weighted by Crippen LogP contribution is 2.30. The largest absolute Gasteiger partial charge is 0.497 e. The van der Waals surface area contributed by atoms with Gasteiger partial charge >= 0.3 is 0 Å². The molecule has 0 aromatic heterocycles. The highest BCUT2D eigenvalue weighted by atomic mass is 35.5. The van der Waals surface area contributed by atoms with Gasteiger partial charge in [0.2, 0.25) is 11.8 Å². The Hall–Kier alpha value is -3.13. The van der Waals surface area contributed by atoms with Crippen molar-refractivity contribution in [2.45, 2.75) is 6.42 Å². The van der Waals surface area contributed by atoms with Gasteiger partial charge in [-0.05, 0) is 36.4 Å². The summed E-state index contributed by atoms with van der Waals surface area (Å²) in [6, 6.07) is 11.0. The molecule has 2 amide bonds. The van der Waals surface area contributed by atoms with E-state index in [0.29, 0.717) is 11.4 Å². The molecular weight excluding hydrogens is 374 g/mol. The first-order chi connectivity index (χ1) is 12.9. The Labute approximate surface area is 159 Å². The quantitative estimate of drug-likeness (QED) is 0.624. The zero-order valence-corrected chi connectivity index (χ0v) is 15.1. The third-order valence-electron chi connectivity index (χ3n) is 4.29. The van der Waals surface area contributed by atoms with Gasteiger partial charge in [-0.25, -0.2) is 0 Å². The van der Waals surface area contributed by atoms with Crippen molar-refractivity contribution in [3.8, 4) is 5.75 Å². The number of nitrogens with zero attached hydrogens (tertiary/aromatic N) is 2. The molecule has 1 fully saturated rings. The van der Waals surface area contributed by atoms with Crippen molar-refractivity contribution < 1.29 is 19.2 Å². The molecule has 2 aromatic rings. The summed E-state index contributed by atoms with van der Waals surface area (Å²) >= 11 is 5.77. The molecule has 27 heavy (non-hydrogen) atoms. The molecule has 2 aromatic carbocycles. The molecule has 0 saturated carbocycles. The van der Waals surface area contributed by atoms with E-state index in [1.165, 1.54) is 23.1 Å². The second-order valence-electron chi connectivity index (χ2n) is 6.02. The summed E-state index contributed by atoms with van der Waals surface area (Å²) in [7, 11) is 1.55. The lowest BCUT2D eigenvalue weighted by molar-refractivity contribution is -0.384. The predicted molar refractivity (Wildman–Crippen MR) is 100 cm³/mol. The summed E-state index contributed by atoms with van der Waals surface area (Å²) in [5, 5.41) is 13.6. The maximum Gasteiger partial charge on any atom is 0.289 e. The monoisotopic (exact) mass is 389 g/mol. The number of benzene rings is 2. The average Bonchev–Trinajstić information content (AvgIpc) is 3.05. The third kappa shape index (κ3) is 4.01. The van der Waals surface area contributed by atoms with E-state index in [0.717, 1.165) is 0 Å². The van der Waals surface area contributed by atoms with E-state index < -0.39 is 10.8 Å². The molecule has 1 aliphatic rings. The number of amides is 2. The van der Waals surface area contributed by atoms with E-state index in [9.17, 15) is 19.7 Å². The highest BCUT2D eigenvalue weighted by molar-refractivity contribution is 6.32. The van der Waals surface area contributed by atoms with Gasteiger partial charge in [0.1, 0.15) is 10.8 Å². The van der Waals surface area contributed by atoms with Crippen molar-refractivity contribution >= 4 is 40.5 Å². The Kier molecular flexibility index (Phi) is 5.27. The molecule has 0 bridgehead atoms. The van der Waals surface area contributed by atoms with Crippen LogP contribution >= 0.6 is 11.6 Å². The number of hydrogen-bond donors (Lipinski definition) is 1.